The van der Waals surface area contributed by atoms with Gasteiger partial charge >= 0.3 is 0 Å². The third kappa shape index (κ3) is 3.73. The van der Waals surface area contributed by atoms with E-state index >= 15 is 0 Å². The van der Waals surface area contributed by atoms with Crippen LogP contribution in [0, 0.1) is 0 Å². The smallest absolute Gasteiger partial charge is 0.120 e. The predicted octanol–water partition coefficient (Wildman–Crippen LogP) is 2.62. The molecule has 0 radical (unpaired) electrons. The zero-order valence-corrected chi connectivity index (χ0v) is 11.6. The van der Waals surface area contributed by atoms with Crippen molar-refractivity contribution in [1.29, 1.82) is 0 Å². The number of hydrogen-bond acceptors (Lipinski definition) is 4. The molecule has 4 heteroatoms. The minimum absolute atomic E-state index is 0.290. The van der Waals surface area contributed by atoms with Crippen molar-refractivity contribution in [3.8, 4) is 11.5 Å². The molecule has 0 bridgehead atoms. The molecule has 0 aromatic heterocycles. The molecule has 0 unspecified atom stereocenters. The minimum Gasteiger partial charge on any atom is -0.508 e. The molecule has 0 saturated carbocycles. The van der Waals surface area contributed by atoms with E-state index in [9.17, 15) is 10.2 Å². The Morgan fingerprint density at radius 3 is 2.00 bits per heavy atom. The van der Waals surface area contributed by atoms with Gasteiger partial charge in [-0.05, 0) is 12.1 Å². The van der Waals surface area contributed by atoms with E-state index in [1.54, 1.807) is 18.2 Å². The molecule has 2 rings (SSSR count). The molecule has 3 N–H and O–H groups in total. The number of hydrogen-bond donors (Lipinski definition) is 3. The fraction of sp³-hybridized carbons (Fsp3) is 0.250. The summed E-state index contributed by atoms with van der Waals surface area (Å²) in [7, 11) is 0. The van der Waals surface area contributed by atoms with Gasteiger partial charge in [-0.15, -0.1) is 0 Å². The van der Waals surface area contributed by atoms with E-state index in [0.29, 0.717) is 24.6 Å². The molecule has 0 aliphatic carbocycles. The van der Waals surface area contributed by atoms with Crippen molar-refractivity contribution < 1.29 is 10.2 Å². The number of hydrazine groups is 1. The molecule has 4 nitrogen and oxygen atoms in total. The topological polar surface area (TPSA) is 55.7 Å². The van der Waals surface area contributed by atoms with Gasteiger partial charge in [-0.1, -0.05) is 43.3 Å². The van der Waals surface area contributed by atoms with Crippen molar-refractivity contribution in [3.05, 3.63) is 59.7 Å². The van der Waals surface area contributed by atoms with Crippen LogP contribution in [0.4, 0.5) is 0 Å². The number of phenolic OH excluding ortho intramolecular Hbond substituents is 2. The molecule has 0 spiro atoms. The predicted molar refractivity (Wildman–Crippen MR) is 79.1 cm³/mol. The van der Waals surface area contributed by atoms with Crippen LogP contribution in [0.5, 0.6) is 11.5 Å². The molecule has 2 aromatic carbocycles. The molecule has 0 atom stereocenters. The van der Waals surface area contributed by atoms with Crippen molar-refractivity contribution in [2.45, 2.75) is 20.0 Å². The normalized spacial score (nSPS) is 10.9. The van der Waals surface area contributed by atoms with Crippen molar-refractivity contribution in [1.82, 2.24) is 10.4 Å². The molecule has 0 aliphatic heterocycles. The van der Waals surface area contributed by atoms with Crippen molar-refractivity contribution in [2.75, 3.05) is 6.54 Å². The van der Waals surface area contributed by atoms with Crippen molar-refractivity contribution in [3.63, 3.8) is 0 Å². The summed E-state index contributed by atoms with van der Waals surface area (Å²) in [6.45, 7) is 3.99. The zero-order valence-electron chi connectivity index (χ0n) is 11.6. The Bertz CT molecular complexity index is 558. The quantitative estimate of drug-likeness (QED) is 0.708. The molecule has 106 valence electrons. The summed E-state index contributed by atoms with van der Waals surface area (Å²) in [5.41, 5.74) is 4.99. The molecule has 0 amide bonds. The van der Waals surface area contributed by atoms with Crippen LogP contribution in [0.15, 0.2) is 48.5 Å². The van der Waals surface area contributed by atoms with Gasteiger partial charge in [-0.2, -0.15) is 0 Å². The molecule has 2 aromatic rings. The van der Waals surface area contributed by atoms with E-state index in [2.05, 4.69) is 5.43 Å². The molecular weight excluding hydrogens is 252 g/mol. The lowest BCUT2D eigenvalue weighted by molar-refractivity contribution is 0.182. The summed E-state index contributed by atoms with van der Waals surface area (Å²) >= 11 is 0. The Balaban J connectivity index is 1.96. The molecule has 0 aliphatic rings. The summed E-state index contributed by atoms with van der Waals surface area (Å²) in [6, 6.07) is 14.6. The number of benzene rings is 2. The Morgan fingerprint density at radius 2 is 1.45 bits per heavy atom. The van der Waals surface area contributed by atoms with Crippen molar-refractivity contribution in [2.24, 2.45) is 0 Å². The molecule has 20 heavy (non-hydrogen) atoms. The van der Waals surface area contributed by atoms with Gasteiger partial charge in [-0.25, -0.2) is 5.01 Å². The second-order valence-corrected chi connectivity index (χ2v) is 4.61. The fourth-order valence-corrected chi connectivity index (χ4v) is 1.99. The van der Waals surface area contributed by atoms with Gasteiger partial charge in [0.15, 0.2) is 0 Å². The summed E-state index contributed by atoms with van der Waals surface area (Å²) in [6.07, 6.45) is 0. The first kappa shape index (κ1) is 14.4. The highest BCUT2D eigenvalue weighted by atomic mass is 16.3. The second kappa shape index (κ2) is 6.93. The first-order valence-electron chi connectivity index (χ1n) is 6.73. The Morgan fingerprint density at radius 1 is 0.900 bits per heavy atom. The Hall–Kier alpha value is -2.04. The van der Waals surface area contributed by atoms with Crippen LogP contribution in [-0.2, 0) is 13.1 Å². The lowest BCUT2D eigenvalue weighted by atomic mass is 10.2. The summed E-state index contributed by atoms with van der Waals surface area (Å²) in [5.74, 6) is 0.592. The van der Waals surface area contributed by atoms with Crippen molar-refractivity contribution >= 4 is 0 Å². The molecule has 0 fully saturated rings. The zero-order chi connectivity index (χ0) is 14.4. The lowest BCUT2D eigenvalue weighted by Crippen LogP contribution is -2.36. The van der Waals surface area contributed by atoms with E-state index in [-0.39, 0.29) is 0 Å². The van der Waals surface area contributed by atoms with E-state index < -0.39 is 0 Å². The van der Waals surface area contributed by atoms with Crippen LogP contribution in [0.2, 0.25) is 0 Å². The van der Waals surface area contributed by atoms with Gasteiger partial charge in [0.1, 0.15) is 11.5 Å². The average Bonchev–Trinajstić information content (AvgIpc) is 2.47. The number of aromatic hydroxyl groups is 2. The highest BCUT2D eigenvalue weighted by Gasteiger charge is 2.07. The highest BCUT2D eigenvalue weighted by molar-refractivity contribution is 5.32. The van der Waals surface area contributed by atoms with Gasteiger partial charge in [0.25, 0.3) is 0 Å². The second-order valence-electron chi connectivity index (χ2n) is 4.61. The van der Waals surface area contributed by atoms with Crippen LogP contribution in [0.3, 0.4) is 0 Å². The largest absolute Gasteiger partial charge is 0.508 e. The number of nitrogens with one attached hydrogen (secondary N) is 1. The van der Waals surface area contributed by atoms with E-state index in [4.69, 9.17) is 0 Å². The lowest BCUT2D eigenvalue weighted by Gasteiger charge is -2.22. The van der Waals surface area contributed by atoms with Gasteiger partial charge in [-0.3, -0.25) is 5.43 Å². The first-order chi connectivity index (χ1) is 9.70. The van der Waals surface area contributed by atoms with E-state index in [1.807, 2.05) is 42.3 Å². The van der Waals surface area contributed by atoms with Gasteiger partial charge < -0.3 is 10.2 Å². The van der Waals surface area contributed by atoms with Crippen LogP contribution in [0.1, 0.15) is 18.1 Å². The number of rotatable bonds is 6. The fourth-order valence-electron chi connectivity index (χ4n) is 1.99. The third-order valence-corrected chi connectivity index (χ3v) is 3.22. The summed E-state index contributed by atoms with van der Waals surface area (Å²) in [5, 5.41) is 21.5. The van der Waals surface area contributed by atoms with Gasteiger partial charge in [0.05, 0.1) is 0 Å². The average molecular weight is 272 g/mol. The molecule has 0 saturated heterocycles. The molecule has 0 heterocycles. The Labute approximate surface area is 119 Å². The van der Waals surface area contributed by atoms with Crippen LogP contribution in [0.25, 0.3) is 0 Å². The minimum atomic E-state index is 0.290. The van der Waals surface area contributed by atoms with E-state index in [1.165, 1.54) is 0 Å². The Kier molecular flexibility index (Phi) is 4.98. The first-order valence-corrected chi connectivity index (χ1v) is 6.73. The van der Waals surface area contributed by atoms with Crippen LogP contribution >= 0.6 is 0 Å². The number of phenols is 2. The third-order valence-electron chi connectivity index (χ3n) is 3.22. The maximum atomic E-state index is 9.79. The number of para-hydroxylation sites is 2. The summed E-state index contributed by atoms with van der Waals surface area (Å²) in [4.78, 5) is 0. The highest BCUT2D eigenvalue weighted by Crippen LogP contribution is 2.18. The monoisotopic (exact) mass is 272 g/mol. The molecular formula is C16H20N2O2. The van der Waals surface area contributed by atoms with E-state index in [0.717, 1.165) is 17.7 Å². The standard InChI is InChI=1S/C16H20N2O2/c1-2-18(12-14-8-4-6-10-16(14)20)17-11-13-7-3-5-9-15(13)19/h3-10,17,19-20H,2,11-12H2,1H3. The van der Waals surface area contributed by atoms with Crippen LogP contribution < -0.4 is 5.43 Å². The van der Waals surface area contributed by atoms with Gasteiger partial charge in [0, 0.05) is 30.8 Å². The van der Waals surface area contributed by atoms with Gasteiger partial charge in [0.2, 0.25) is 0 Å². The van der Waals surface area contributed by atoms with Crippen LogP contribution in [-0.4, -0.2) is 21.8 Å². The summed E-state index contributed by atoms with van der Waals surface area (Å²) < 4.78 is 0. The number of nitrogens with zero attached hydrogens (tertiary/aromatic N) is 1. The maximum Gasteiger partial charge on any atom is 0.120 e. The maximum absolute atomic E-state index is 9.79. The SMILES string of the molecule is CCN(Cc1ccccc1O)NCc1ccccc1O.